The first-order valence-electron chi connectivity index (χ1n) is 9.54. The lowest BCUT2D eigenvalue weighted by Gasteiger charge is -2.18. The maximum absolute atomic E-state index is 13.0. The van der Waals surface area contributed by atoms with Crippen LogP contribution in [0.25, 0.3) is 10.6 Å². The van der Waals surface area contributed by atoms with E-state index in [9.17, 15) is 9.59 Å². The SMILES string of the molecule is Cc1ccc(C2(C)NC(=O)N(Cc3cnc(-c4ccc(C(C)C)cc4)s3)C2=O)o1. The molecular formula is C22H23N3O3S. The summed E-state index contributed by atoms with van der Waals surface area (Å²) in [5, 5.41) is 3.63. The number of aryl methyl sites for hydroxylation is 1. The van der Waals surface area contributed by atoms with Crippen molar-refractivity contribution in [2.24, 2.45) is 0 Å². The first-order chi connectivity index (χ1) is 13.8. The van der Waals surface area contributed by atoms with Crippen molar-refractivity contribution in [3.63, 3.8) is 0 Å². The number of hydrogen-bond donors (Lipinski definition) is 1. The van der Waals surface area contributed by atoms with Gasteiger partial charge in [-0.1, -0.05) is 38.1 Å². The Morgan fingerprint density at radius 3 is 2.52 bits per heavy atom. The summed E-state index contributed by atoms with van der Waals surface area (Å²) in [4.78, 5) is 32.0. The Labute approximate surface area is 173 Å². The van der Waals surface area contributed by atoms with E-state index >= 15 is 0 Å². The van der Waals surface area contributed by atoms with E-state index in [-0.39, 0.29) is 12.5 Å². The molecule has 3 aromatic rings. The molecule has 1 N–H and O–H groups in total. The van der Waals surface area contributed by atoms with Crippen LogP contribution in [0.1, 0.15) is 48.7 Å². The van der Waals surface area contributed by atoms with Crippen molar-refractivity contribution in [1.29, 1.82) is 0 Å². The molecule has 29 heavy (non-hydrogen) atoms. The normalized spacial score (nSPS) is 19.3. The molecule has 3 amide bonds. The van der Waals surface area contributed by atoms with Gasteiger partial charge in [0.2, 0.25) is 0 Å². The van der Waals surface area contributed by atoms with Gasteiger partial charge in [0.05, 0.1) is 6.54 Å². The van der Waals surface area contributed by atoms with Crippen LogP contribution < -0.4 is 5.32 Å². The molecule has 1 fully saturated rings. The number of furan rings is 1. The van der Waals surface area contributed by atoms with E-state index in [1.807, 2.05) is 0 Å². The van der Waals surface area contributed by atoms with Crippen molar-refractivity contribution in [3.8, 4) is 10.6 Å². The minimum Gasteiger partial charge on any atom is -0.463 e. The highest BCUT2D eigenvalue weighted by molar-refractivity contribution is 7.15. The van der Waals surface area contributed by atoms with Gasteiger partial charge in [-0.2, -0.15) is 0 Å². The lowest BCUT2D eigenvalue weighted by molar-refractivity contribution is -0.132. The van der Waals surface area contributed by atoms with E-state index < -0.39 is 11.6 Å². The summed E-state index contributed by atoms with van der Waals surface area (Å²) in [5.74, 6) is 1.28. The van der Waals surface area contributed by atoms with Crippen LogP contribution in [-0.2, 0) is 16.9 Å². The molecule has 1 aromatic carbocycles. The van der Waals surface area contributed by atoms with E-state index in [0.29, 0.717) is 17.4 Å². The van der Waals surface area contributed by atoms with Gasteiger partial charge in [-0.15, -0.1) is 11.3 Å². The number of rotatable bonds is 5. The van der Waals surface area contributed by atoms with Crippen molar-refractivity contribution in [3.05, 3.63) is 64.6 Å². The summed E-state index contributed by atoms with van der Waals surface area (Å²) in [6.45, 7) is 7.97. The van der Waals surface area contributed by atoms with Crippen LogP contribution in [0.5, 0.6) is 0 Å². The summed E-state index contributed by atoms with van der Waals surface area (Å²) in [5.41, 5.74) is 1.11. The number of thiazole rings is 1. The molecule has 1 saturated heterocycles. The molecular weight excluding hydrogens is 386 g/mol. The Balaban J connectivity index is 1.53. The number of nitrogens with zero attached hydrogens (tertiary/aromatic N) is 2. The lowest BCUT2D eigenvalue weighted by Crippen LogP contribution is -2.40. The Kier molecular flexibility index (Phi) is 4.78. The fourth-order valence-electron chi connectivity index (χ4n) is 3.39. The Morgan fingerprint density at radius 1 is 1.17 bits per heavy atom. The van der Waals surface area contributed by atoms with Gasteiger partial charge in [-0.3, -0.25) is 9.69 Å². The molecule has 2 aromatic heterocycles. The quantitative estimate of drug-likeness (QED) is 0.614. The van der Waals surface area contributed by atoms with E-state index in [1.54, 1.807) is 32.2 Å². The number of hydrogen-bond acceptors (Lipinski definition) is 5. The molecule has 0 aliphatic carbocycles. The molecule has 0 saturated carbocycles. The Hall–Kier alpha value is -2.93. The zero-order chi connectivity index (χ0) is 20.8. The molecule has 6 nitrogen and oxygen atoms in total. The topological polar surface area (TPSA) is 75.4 Å². The van der Waals surface area contributed by atoms with Gasteiger partial charge in [0.1, 0.15) is 16.5 Å². The minimum absolute atomic E-state index is 0.182. The van der Waals surface area contributed by atoms with E-state index in [1.165, 1.54) is 21.8 Å². The molecule has 1 aliphatic rings. The van der Waals surface area contributed by atoms with Gasteiger partial charge in [-0.05, 0) is 37.5 Å². The van der Waals surface area contributed by atoms with Crippen LogP contribution in [0.2, 0.25) is 0 Å². The molecule has 1 aliphatic heterocycles. The molecule has 1 unspecified atom stereocenters. The average molecular weight is 410 g/mol. The van der Waals surface area contributed by atoms with Gasteiger partial charge in [0.15, 0.2) is 5.54 Å². The second-order valence-electron chi connectivity index (χ2n) is 7.77. The number of urea groups is 1. The fraction of sp³-hybridized carbons (Fsp3) is 0.318. The van der Waals surface area contributed by atoms with Crippen molar-refractivity contribution >= 4 is 23.3 Å². The van der Waals surface area contributed by atoms with E-state index in [2.05, 4.69) is 48.4 Å². The summed E-state index contributed by atoms with van der Waals surface area (Å²) in [7, 11) is 0. The highest BCUT2D eigenvalue weighted by Crippen LogP contribution is 2.33. The number of carbonyl (C=O) groups is 2. The van der Waals surface area contributed by atoms with Crippen LogP contribution in [0, 0.1) is 6.92 Å². The standard InChI is InChI=1S/C22H23N3O3S/c1-13(2)15-6-8-16(9-7-15)19-23-11-17(29-19)12-25-20(26)22(4,24-21(25)27)18-10-5-14(3)28-18/h5-11,13H,12H2,1-4H3,(H,24,27). The third-order valence-electron chi connectivity index (χ3n) is 5.20. The molecule has 1 atom stereocenters. The number of carbonyl (C=O) groups excluding carboxylic acids is 2. The van der Waals surface area contributed by atoms with E-state index in [0.717, 1.165) is 15.4 Å². The Morgan fingerprint density at radius 2 is 1.90 bits per heavy atom. The van der Waals surface area contributed by atoms with Crippen molar-refractivity contribution in [2.45, 2.75) is 45.7 Å². The molecule has 150 valence electrons. The maximum Gasteiger partial charge on any atom is 0.325 e. The molecule has 4 rings (SSSR count). The minimum atomic E-state index is -1.19. The van der Waals surface area contributed by atoms with E-state index in [4.69, 9.17) is 4.42 Å². The van der Waals surface area contributed by atoms with Crippen LogP contribution in [-0.4, -0.2) is 21.8 Å². The zero-order valence-corrected chi connectivity index (χ0v) is 17.7. The molecule has 0 radical (unpaired) electrons. The fourth-order valence-corrected chi connectivity index (χ4v) is 4.30. The van der Waals surface area contributed by atoms with Crippen molar-refractivity contribution in [2.75, 3.05) is 0 Å². The second kappa shape index (κ2) is 7.15. The molecule has 0 spiro atoms. The van der Waals surface area contributed by atoms with Gasteiger partial charge in [-0.25, -0.2) is 9.78 Å². The molecule has 0 bridgehead atoms. The van der Waals surface area contributed by atoms with Crippen LogP contribution in [0.3, 0.4) is 0 Å². The van der Waals surface area contributed by atoms with Crippen LogP contribution in [0.4, 0.5) is 4.79 Å². The maximum atomic E-state index is 13.0. The number of nitrogens with one attached hydrogen (secondary N) is 1. The number of benzene rings is 1. The smallest absolute Gasteiger partial charge is 0.325 e. The summed E-state index contributed by atoms with van der Waals surface area (Å²) >= 11 is 1.48. The van der Waals surface area contributed by atoms with Crippen molar-refractivity contribution < 1.29 is 14.0 Å². The van der Waals surface area contributed by atoms with Gasteiger partial charge >= 0.3 is 6.03 Å². The first kappa shape index (κ1) is 19.4. The Bertz CT molecular complexity index is 1070. The van der Waals surface area contributed by atoms with Crippen LogP contribution >= 0.6 is 11.3 Å². The number of aromatic nitrogens is 1. The summed E-state index contributed by atoms with van der Waals surface area (Å²) in [6, 6.07) is 11.4. The number of imide groups is 1. The first-order valence-corrected chi connectivity index (χ1v) is 10.4. The molecule has 3 heterocycles. The molecule has 7 heteroatoms. The average Bonchev–Trinajstić information content (AvgIpc) is 3.39. The van der Waals surface area contributed by atoms with Crippen LogP contribution in [0.15, 0.2) is 47.0 Å². The summed E-state index contributed by atoms with van der Waals surface area (Å²) in [6.07, 6.45) is 1.73. The highest BCUT2D eigenvalue weighted by Gasteiger charge is 2.51. The van der Waals surface area contributed by atoms with Gasteiger partial charge in [0, 0.05) is 16.6 Å². The zero-order valence-electron chi connectivity index (χ0n) is 16.9. The second-order valence-corrected chi connectivity index (χ2v) is 8.88. The third-order valence-corrected chi connectivity index (χ3v) is 6.23. The summed E-state index contributed by atoms with van der Waals surface area (Å²) < 4.78 is 5.60. The highest BCUT2D eigenvalue weighted by atomic mass is 32.1. The van der Waals surface area contributed by atoms with Gasteiger partial charge in [0.25, 0.3) is 5.91 Å². The lowest BCUT2D eigenvalue weighted by atomic mass is 9.99. The predicted molar refractivity (Wildman–Crippen MR) is 112 cm³/mol. The van der Waals surface area contributed by atoms with Crippen molar-refractivity contribution in [1.82, 2.24) is 15.2 Å². The largest absolute Gasteiger partial charge is 0.463 e. The van der Waals surface area contributed by atoms with Gasteiger partial charge < -0.3 is 9.73 Å². The number of amides is 3. The monoisotopic (exact) mass is 409 g/mol. The predicted octanol–water partition coefficient (Wildman–Crippen LogP) is 4.80. The third kappa shape index (κ3) is 3.46.